The molecule has 0 spiro atoms. The summed E-state index contributed by atoms with van der Waals surface area (Å²) in [6.45, 7) is 1.91. The summed E-state index contributed by atoms with van der Waals surface area (Å²) in [5.41, 5.74) is 2.13. The number of nitrogens with zero attached hydrogens (tertiary/aromatic N) is 1. The van der Waals surface area contributed by atoms with Gasteiger partial charge in [0.1, 0.15) is 4.90 Å². The van der Waals surface area contributed by atoms with Gasteiger partial charge in [-0.1, -0.05) is 35.9 Å². The Morgan fingerprint density at radius 1 is 1.17 bits per heavy atom. The lowest BCUT2D eigenvalue weighted by atomic mass is 10.1. The lowest BCUT2D eigenvalue weighted by molar-refractivity contribution is 0.0730. The van der Waals surface area contributed by atoms with Crippen LogP contribution < -0.4 is 5.32 Å². The molecule has 1 heterocycles. The van der Waals surface area contributed by atoms with Crippen LogP contribution in [0, 0.1) is 0 Å². The van der Waals surface area contributed by atoms with Crippen LogP contribution in [0.25, 0.3) is 0 Å². The van der Waals surface area contributed by atoms with Crippen LogP contribution in [0.5, 0.6) is 0 Å². The molecule has 1 aliphatic heterocycles. The molecule has 0 unspecified atom stereocenters. The molecule has 1 N–H and O–H groups in total. The summed E-state index contributed by atoms with van der Waals surface area (Å²) in [6, 6.07) is 11.9. The van der Waals surface area contributed by atoms with E-state index in [1.807, 2.05) is 24.3 Å². The zero-order valence-corrected chi connectivity index (χ0v) is 17.6. The fourth-order valence-electron chi connectivity index (χ4n) is 3.07. The van der Waals surface area contributed by atoms with E-state index in [1.165, 1.54) is 22.5 Å². The molecule has 3 rings (SSSR count). The second-order valence-corrected chi connectivity index (χ2v) is 8.86. The Hall–Kier alpha value is -1.97. The van der Waals surface area contributed by atoms with Gasteiger partial charge in [-0.15, -0.1) is 0 Å². The third-order valence-corrected chi connectivity index (χ3v) is 7.02. The van der Waals surface area contributed by atoms with Gasteiger partial charge >= 0.3 is 0 Å². The van der Waals surface area contributed by atoms with Gasteiger partial charge in [0.2, 0.25) is 10.0 Å². The van der Waals surface area contributed by atoms with E-state index < -0.39 is 10.0 Å². The fraction of sp³-hybridized carbons (Fsp3) is 0.350. The first-order chi connectivity index (χ1) is 13.9. The number of morpholine rings is 1. The largest absolute Gasteiger partial charge is 0.380 e. The normalized spacial score (nSPS) is 15.2. The number of methoxy groups -OCH3 is 1. The van der Waals surface area contributed by atoms with Crippen molar-refractivity contribution in [2.75, 3.05) is 33.4 Å². The first kappa shape index (κ1) is 21.7. The summed E-state index contributed by atoms with van der Waals surface area (Å²) in [5, 5.41) is 2.91. The molecule has 9 heteroatoms. The second-order valence-electron chi connectivity index (χ2n) is 6.55. The molecule has 2 aromatic rings. The molecule has 0 bridgehead atoms. The van der Waals surface area contributed by atoms with E-state index in [9.17, 15) is 13.2 Å². The first-order valence-electron chi connectivity index (χ1n) is 9.15. The van der Waals surface area contributed by atoms with Gasteiger partial charge in [-0.3, -0.25) is 4.79 Å². The zero-order valence-electron chi connectivity index (χ0n) is 16.1. The van der Waals surface area contributed by atoms with Gasteiger partial charge in [-0.2, -0.15) is 4.31 Å². The van der Waals surface area contributed by atoms with Crippen LogP contribution in [0.4, 0.5) is 0 Å². The van der Waals surface area contributed by atoms with Crippen LogP contribution in [0.1, 0.15) is 21.5 Å². The maximum Gasteiger partial charge on any atom is 0.251 e. The van der Waals surface area contributed by atoms with E-state index in [1.54, 1.807) is 7.11 Å². The van der Waals surface area contributed by atoms with E-state index in [0.717, 1.165) is 11.1 Å². The summed E-state index contributed by atoms with van der Waals surface area (Å²) in [4.78, 5) is 12.6. The van der Waals surface area contributed by atoms with E-state index in [-0.39, 0.29) is 34.5 Å². The smallest absolute Gasteiger partial charge is 0.251 e. The average Bonchev–Trinajstić information content (AvgIpc) is 2.74. The minimum absolute atomic E-state index is 0.0755. The summed E-state index contributed by atoms with van der Waals surface area (Å²) in [6.07, 6.45) is 0. The van der Waals surface area contributed by atoms with Crippen LogP contribution >= 0.6 is 11.6 Å². The number of sulfonamides is 1. The van der Waals surface area contributed by atoms with Crippen LogP contribution in [0.15, 0.2) is 47.4 Å². The molecule has 156 valence electrons. The topological polar surface area (TPSA) is 84.9 Å². The van der Waals surface area contributed by atoms with E-state index in [0.29, 0.717) is 26.4 Å². The molecule has 0 aromatic heterocycles. The number of carbonyl (C=O) groups excluding carboxylic acids is 1. The van der Waals surface area contributed by atoms with Gasteiger partial charge in [-0.05, 0) is 29.3 Å². The van der Waals surface area contributed by atoms with Gasteiger partial charge in [-0.25, -0.2) is 8.42 Å². The molecule has 1 saturated heterocycles. The minimum atomic E-state index is -3.81. The molecule has 1 fully saturated rings. The molecular weight excluding hydrogens is 416 g/mol. The Bertz CT molecular complexity index is 975. The molecule has 29 heavy (non-hydrogen) atoms. The molecule has 0 saturated carbocycles. The van der Waals surface area contributed by atoms with Crippen molar-refractivity contribution in [3.63, 3.8) is 0 Å². The summed E-state index contributed by atoms with van der Waals surface area (Å²) in [5.74, 6) is -0.382. The number of hydrogen-bond acceptors (Lipinski definition) is 5. The summed E-state index contributed by atoms with van der Waals surface area (Å²) >= 11 is 6.15. The Labute approximate surface area is 175 Å². The number of carbonyl (C=O) groups is 1. The molecule has 2 aromatic carbocycles. The fourth-order valence-corrected chi connectivity index (χ4v) is 4.98. The predicted molar refractivity (Wildman–Crippen MR) is 109 cm³/mol. The van der Waals surface area contributed by atoms with Crippen molar-refractivity contribution in [1.29, 1.82) is 0 Å². The van der Waals surface area contributed by atoms with Gasteiger partial charge in [0.15, 0.2) is 0 Å². The van der Waals surface area contributed by atoms with Crippen molar-refractivity contribution in [2.45, 2.75) is 18.0 Å². The number of hydrogen-bond donors (Lipinski definition) is 1. The van der Waals surface area contributed by atoms with Crippen molar-refractivity contribution in [1.82, 2.24) is 9.62 Å². The number of nitrogens with one attached hydrogen (secondary N) is 1. The Kier molecular flexibility index (Phi) is 7.26. The number of benzene rings is 2. The summed E-state index contributed by atoms with van der Waals surface area (Å²) < 4.78 is 37.5. The lowest BCUT2D eigenvalue weighted by Crippen LogP contribution is -2.40. The summed E-state index contributed by atoms with van der Waals surface area (Å²) in [7, 11) is -2.19. The number of ether oxygens (including phenoxy) is 2. The van der Waals surface area contributed by atoms with E-state index >= 15 is 0 Å². The zero-order chi connectivity index (χ0) is 20.9. The predicted octanol–water partition coefficient (Wildman–Crippen LogP) is 2.44. The third-order valence-electron chi connectivity index (χ3n) is 4.64. The van der Waals surface area contributed by atoms with E-state index in [4.69, 9.17) is 21.1 Å². The average molecular weight is 439 g/mol. The Morgan fingerprint density at radius 2 is 1.86 bits per heavy atom. The maximum absolute atomic E-state index is 12.9. The van der Waals surface area contributed by atoms with Crippen molar-refractivity contribution in [3.8, 4) is 0 Å². The highest BCUT2D eigenvalue weighted by Crippen LogP contribution is 2.26. The van der Waals surface area contributed by atoms with Crippen molar-refractivity contribution in [2.24, 2.45) is 0 Å². The Balaban J connectivity index is 1.78. The highest BCUT2D eigenvalue weighted by atomic mass is 35.5. The highest BCUT2D eigenvalue weighted by molar-refractivity contribution is 7.89. The monoisotopic (exact) mass is 438 g/mol. The molecule has 1 amide bonds. The third kappa shape index (κ3) is 5.15. The molecule has 0 radical (unpaired) electrons. The molecular formula is C20H23ClN2O5S. The SMILES string of the molecule is COCc1ccccc1CNC(=O)c1ccc(Cl)c(S(=O)(=O)N2CCOCC2)c1. The molecule has 7 nitrogen and oxygen atoms in total. The molecule has 1 aliphatic rings. The molecule has 0 atom stereocenters. The lowest BCUT2D eigenvalue weighted by Gasteiger charge is -2.26. The van der Waals surface area contributed by atoms with Crippen molar-refractivity contribution >= 4 is 27.5 Å². The van der Waals surface area contributed by atoms with Gasteiger partial charge in [0.25, 0.3) is 5.91 Å². The van der Waals surface area contributed by atoms with Crippen LogP contribution in [-0.4, -0.2) is 52.0 Å². The van der Waals surface area contributed by atoms with Crippen molar-refractivity contribution < 1.29 is 22.7 Å². The Morgan fingerprint density at radius 3 is 2.55 bits per heavy atom. The first-order valence-corrected chi connectivity index (χ1v) is 11.0. The number of amides is 1. The number of rotatable bonds is 7. The number of halogens is 1. The van der Waals surface area contributed by atoms with Crippen LogP contribution in [0.3, 0.4) is 0 Å². The maximum atomic E-state index is 12.9. The standard InChI is InChI=1S/C20H23ClN2O5S/c1-27-14-17-5-3-2-4-16(17)13-22-20(24)15-6-7-18(21)19(12-15)29(25,26)23-8-10-28-11-9-23/h2-7,12H,8-11,13-14H2,1H3,(H,22,24). The molecule has 0 aliphatic carbocycles. The quantitative estimate of drug-likeness (QED) is 0.717. The van der Waals surface area contributed by atoms with Crippen LogP contribution in [0.2, 0.25) is 5.02 Å². The van der Waals surface area contributed by atoms with Crippen molar-refractivity contribution in [3.05, 3.63) is 64.2 Å². The minimum Gasteiger partial charge on any atom is -0.380 e. The van der Waals surface area contributed by atoms with E-state index in [2.05, 4.69) is 5.32 Å². The van der Waals surface area contributed by atoms with Crippen LogP contribution in [-0.2, 0) is 32.6 Å². The highest BCUT2D eigenvalue weighted by Gasteiger charge is 2.29. The van der Waals surface area contributed by atoms with Gasteiger partial charge in [0.05, 0.1) is 24.8 Å². The van der Waals surface area contributed by atoms with Gasteiger partial charge < -0.3 is 14.8 Å². The van der Waals surface area contributed by atoms with Gasteiger partial charge in [0, 0.05) is 32.3 Å². The second kappa shape index (κ2) is 9.69.